The van der Waals surface area contributed by atoms with Gasteiger partial charge in [0.05, 0.1) is 0 Å². The standard InChI is InChI=1S/C19H27N5O3/c1-19(2,3)27-18(26)21-10-4-5-17(25)22-16-9-14-24(23-16)13-8-15-6-11-20-12-7-15/h6-7,9,11-12,14H,4-5,8,10,13H2,1-3H3,(H,21,26)(H,22,23,25). The fourth-order valence-corrected chi connectivity index (χ4v) is 2.30. The normalized spacial score (nSPS) is 11.1. The molecule has 0 aromatic carbocycles. The first kappa shape index (κ1) is 20.4. The lowest BCUT2D eigenvalue weighted by atomic mass is 10.2. The van der Waals surface area contributed by atoms with Crippen molar-refractivity contribution in [1.82, 2.24) is 20.1 Å². The van der Waals surface area contributed by atoms with Crippen molar-refractivity contribution in [2.45, 2.75) is 52.2 Å². The van der Waals surface area contributed by atoms with Crippen LogP contribution in [0.5, 0.6) is 0 Å². The Hall–Kier alpha value is -2.90. The molecule has 8 heteroatoms. The Balaban J connectivity index is 1.64. The van der Waals surface area contributed by atoms with Crippen LogP contribution < -0.4 is 10.6 Å². The van der Waals surface area contributed by atoms with E-state index in [1.54, 1.807) is 43.9 Å². The average molecular weight is 373 g/mol. The molecule has 0 atom stereocenters. The van der Waals surface area contributed by atoms with Gasteiger partial charge in [-0.15, -0.1) is 0 Å². The number of aromatic nitrogens is 3. The Bertz CT molecular complexity index is 737. The number of anilines is 1. The van der Waals surface area contributed by atoms with Gasteiger partial charge in [-0.3, -0.25) is 14.5 Å². The summed E-state index contributed by atoms with van der Waals surface area (Å²) in [5.41, 5.74) is 0.654. The van der Waals surface area contributed by atoms with Gasteiger partial charge in [0.1, 0.15) is 5.60 Å². The van der Waals surface area contributed by atoms with Gasteiger partial charge in [-0.2, -0.15) is 5.10 Å². The van der Waals surface area contributed by atoms with E-state index in [-0.39, 0.29) is 5.91 Å². The lowest BCUT2D eigenvalue weighted by Gasteiger charge is -2.19. The molecule has 8 nitrogen and oxygen atoms in total. The van der Waals surface area contributed by atoms with Crippen molar-refractivity contribution in [3.8, 4) is 0 Å². The van der Waals surface area contributed by atoms with E-state index in [9.17, 15) is 9.59 Å². The summed E-state index contributed by atoms with van der Waals surface area (Å²) in [5, 5.41) is 9.73. The molecule has 27 heavy (non-hydrogen) atoms. The van der Waals surface area contributed by atoms with Crippen molar-refractivity contribution in [1.29, 1.82) is 0 Å². The molecular weight excluding hydrogens is 346 g/mol. The molecule has 0 aliphatic heterocycles. The highest BCUT2D eigenvalue weighted by molar-refractivity contribution is 5.89. The first-order valence-electron chi connectivity index (χ1n) is 9.01. The minimum atomic E-state index is -0.530. The predicted molar refractivity (Wildman–Crippen MR) is 102 cm³/mol. The van der Waals surface area contributed by atoms with Gasteiger partial charge >= 0.3 is 6.09 Å². The van der Waals surface area contributed by atoms with Gasteiger partial charge in [0.2, 0.25) is 5.91 Å². The van der Waals surface area contributed by atoms with Crippen molar-refractivity contribution in [2.75, 3.05) is 11.9 Å². The van der Waals surface area contributed by atoms with E-state index in [0.29, 0.717) is 25.2 Å². The summed E-state index contributed by atoms with van der Waals surface area (Å²) in [7, 11) is 0. The number of hydrogen-bond donors (Lipinski definition) is 2. The number of amides is 2. The van der Waals surface area contributed by atoms with Crippen molar-refractivity contribution in [2.24, 2.45) is 0 Å². The Morgan fingerprint density at radius 1 is 1.19 bits per heavy atom. The number of alkyl carbamates (subject to hydrolysis) is 1. The predicted octanol–water partition coefficient (Wildman–Crippen LogP) is 2.76. The molecule has 0 aliphatic carbocycles. The summed E-state index contributed by atoms with van der Waals surface area (Å²) in [4.78, 5) is 27.5. The number of aryl methyl sites for hydroxylation is 2. The maximum Gasteiger partial charge on any atom is 0.407 e. The van der Waals surface area contributed by atoms with Gasteiger partial charge in [-0.1, -0.05) is 0 Å². The first-order chi connectivity index (χ1) is 12.8. The molecule has 2 rings (SSSR count). The van der Waals surface area contributed by atoms with Crippen LogP contribution in [-0.2, 0) is 22.5 Å². The number of nitrogens with zero attached hydrogens (tertiary/aromatic N) is 3. The summed E-state index contributed by atoms with van der Waals surface area (Å²) in [6.45, 7) is 6.51. The van der Waals surface area contributed by atoms with Gasteiger partial charge < -0.3 is 15.4 Å². The van der Waals surface area contributed by atoms with E-state index in [2.05, 4.69) is 20.7 Å². The number of carbonyl (C=O) groups excluding carboxylic acids is 2. The summed E-state index contributed by atoms with van der Waals surface area (Å²) < 4.78 is 6.92. The van der Waals surface area contributed by atoms with Crippen molar-refractivity contribution >= 4 is 17.8 Å². The maximum atomic E-state index is 12.0. The Morgan fingerprint density at radius 3 is 2.63 bits per heavy atom. The molecule has 0 saturated heterocycles. The van der Waals surface area contributed by atoms with Crippen LogP contribution in [0, 0.1) is 0 Å². The molecule has 0 radical (unpaired) electrons. The Kier molecular flexibility index (Phi) is 7.34. The van der Waals surface area contributed by atoms with Crippen molar-refractivity contribution < 1.29 is 14.3 Å². The first-order valence-corrected chi connectivity index (χ1v) is 9.01. The third kappa shape index (κ3) is 8.35. The third-order valence-electron chi connectivity index (χ3n) is 3.54. The number of hydrogen-bond acceptors (Lipinski definition) is 5. The zero-order valence-electron chi connectivity index (χ0n) is 16.1. The van der Waals surface area contributed by atoms with Gasteiger partial charge in [0, 0.05) is 44.2 Å². The summed E-state index contributed by atoms with van der Waals surface area (Å²) >= 11 is 0. The smallest absolute Gasteiger partial charge is 0.407 e. The fourth-order valence-electron chi connectivity index (χ4n) is 2.30. The molecule has 2 heterocycles. The van der Waals surface area contributed by atoms with E-state index in [1.807, 2.05) is 18.3 Å². The van der Waals surface area contributed by atoms with Crippen LogP contribution in [0.4, 0.5) is 10.6 Å². The number of pyridine rings is 1. The van der Waals surface area contributed by atoms with Gasteiger partial charge in [0.25, 0.3) is 0 Å². The quantitative estimate of drug-likeness (QED) is 0.693. The monoisotopic (exact) mass is 373 g/mol. The zero-order valence-corrected chi connectivity index (χ0v) is 16.1. The second kappa shape index (κ2) is 9.70. The van der Waals surface area contributed by atoms with Crippen LogP contribution in [0.3, 0.4) is 0 Å². The molecule has 0 unspecified atom stereocenters. The van der Waals surface area contributed by atoms with Crippen LogP contribution >= 0.6 is 0 Å². The maximum absolute atomic E-state index is 12.0. The average Bonchev–Trinajstić information content (AvgIpc) is 3.04. The lowest BCUT2D eigenvalue weighted by molar-refractivity contribution is -0.116. The Morgan fingerprint density at radius 2 is 1.93 bits per heavy atom. The lowest BCUT2D eigenvalue weighted by Crippen LogP contribution is -2.33. The summed E-state index contributed by atoms with van der Waals surface area (Å²) in [6.07, 6.45) is 6.54. The van der Waals surface area contributed by atoms with Crippen LogP contribution in [0.1, 0.15) is 39.2 Å². The SMILES string of the molecule is CC(C)(C)OC(=O)NCCCC(=O)Nc1ccn(CCc2ccncc2)n1. The van der Waals surface area contributed by atoms with Crippen LogP contribution in [0.15, 0.2) is 36.8 Å². The summed E-state index contributed by atoms with van der Waals surface area (Å²) in [5.74, 6) is 0.384. The second-order valence-corrected chi connectivity index (χ2v) is 7.15. The molecule has 0 fully saturated rings. The highest BCUT2D eigenvalue weighted by Gasteiger charge is 2.15. The number of carbonyl (C=O) groups is 2. The minimum Gasteiger partial charge on any atom is -0.444 e. The molecular formula is C19H27N5O3. The van der Waals surface area contributed by atoms with Crippen LogP contribution in [0.25, 0.3) is 0 Å². The van der Waals surface area contributed by atoms with E-state index in [4.69, 9.17) is 4.74 Å². The Labute approximate surface area is 159 Å². The highest BCUT2D eigenvalue weighted by atomic mass is 16.6. The van der Waals surface area contributed by atoms with Gasteiger partial charge in [-0.25, -0.2) is 4.79 Å². The fraction of sp³-hybridized carbons (Fsp3) is 0.474. The second-order valence-electron chi connectivity index (χ2n) is 7.15. The molecule has 0 aliphatic rings. The summed E-state index contributed by atoms with van der Waals surface area (Å²) in [6, 6.07) is 5.71. The topological polar surface area (TPSA) is 98.1 Å². The third-order valence-corrected chi connectivity index (χ3v) is 3.54. The van der Waals surface area contributed by atoms with E-state index in [1.165, 1.54) is 5.56 Å². The van der Waals surface area contributed by atoms with Crippen molar-refractivity contribution in [3.63, 3.8) is 0 Å². The number of ether oxygens (including phenoxy) is 1. The van der Waals surface area contributed by atoms with E-state index in [0.717, 1.165) is 13.0 Å². The van der Waals surface area contributed by atoms with E-state index < -0.39 is 11.7 Å². The largest absolute Gasteiger partial charge is 0.444 e. The van der Waals surface area contributed by atoms with Gasteiger partial charge in [-0.05, 0) is 51.3 Å². The molecule has 146 valence electrons. The van der Waals surface area contributed by atoms with Crippen molar-refractivity contribution in [3.05, 3.63) is 42.4 Å². The number of rotatable bonds is 8. The van der Waals surface area contributed by atoms with Gasteiger partial charge in [0.15, 0.2) is 5.82 Å². The molecule has 0 saturated carbocycles. The molecule has 2 aromatic heterocycles. The van der Waals surface area contributed by atoms with Crippen LogP contribution in [-0.4, -0.2) is 38.9 Å². The molecule has 2 amide bonds. The van der Waals surface area contributed by atoms with Crippen LogP contribution in [0.2, 0.25) is 0 Å². The molecule has 0 bridgehead atoms. The molecule has 2 N–H and O–H groups in total. The highest BCUT2D eigenvalue weighted by Crippen LogP contribution is 2.07. The molecule has 2 aromatic rings. The zero-order chi connectivity index (χ0) is 19.7. The number of nitrogens with one attached hydrogen (secondary N) is 2. The molecule has 0 spiro atoms. The minimum absolute atomic E-state index is 0.139. The van der Waals surface area contributed by atoms with E-state index >= 15 is 0 Å².